The lowest BCUT2D eigenvalue weighted by atomic mass is 10.3. The van der Waals surface area contributed by atoms with Crippen molar-refractivity contribution in [1.82, 2.24) is 29.2 Å². The quantitative estimate of drug-likeness (QED) is 0.628. The Hall–Kier alpha value is -2.79. The minimum Gasteiger partial charge on any atom is -0.368 e. The van der Waals surface area contributed by atoms with Gasteiger partial charge in [0.15, 0.2) is 0 Å². The number of hydrogen-bond acceptors (Lipinski definition) is 7. The Labute approximate surface area is 120 Å². The lowest BCUT2D eigenvalue weighted by Crippen LogP contribution is -2.22. The molecule has 0 saturated heterocycles. The number of nitrogen functional groups attached to an aromatic ring is 1. The van der Waals surface area contributed by atoms with Crippen molar-refractivity contribution in [3.8, 4) is 5.69 Å². The number of nitrogens with two attached hydrogens (primary N) is 2. The van der Waals surface area contributed by atoms with Crippen molar-refractivity contribution in [2.45, 2.75) is 0 Å². The average molecular weight is 308 g/mol. The van der Waals surface area contributed by atoms with Gasteiger partial charge in [-0.2, -0.15) is 23.2 Å². The second-order valence-corrected chi connectivity index (χ2v) is 5.09. The fourth-order valence-electron chi connectivity index (χ4n) is 1.35. The summed E-state index contributed by atoms with van der Waals surface area (Å²) in [6.45, 7) is 0. The van der Waals surface area contributed by atoms with E-state index in [1.807, 2.05) is 30.3 Å². The van der Waals surface area contributed by atoms with Crippen LogP contribution in [0.4, 0.5) is 5.95 Å². The van der Waals surface area contributed by atoms with Crippen LogP contribution in [0.3, 0.4) is 0 Å². The molecule has 0 saturated carbocycles. The third-order valence-corrected chi connectivity index (χ3v) is 2.95. The van der Waals surface area contributed by atoms with Crippen molar-refractivity contribution in [2.75, 3.05) is 5.73 Å². The molecule has 3 aromatic rings. The van der Waals surface area contributed by atoms with Crippen LogP contribution in [0.1, 0.15) is 0 Å². The third-order valence-electron chi connectivity index (χ3n) is 2.24. The van der Waals surface area contributed by atoms with Crippen molar-refractivity contribution in [2.24, 2.45) is 5.14 Å². The van der Waals surface area contributed by atoms with Gasteiger partial charge in [-0.25, -0.2) is 5.14 Å². The van der Waals surface area contributed by atoms with E-state index >= 15 is 0 Å². The summed E-state index contributed by atoms with van der Waals surface area (Å²) >= 11 is 0. The first-order valence-electron chi connectivity index (χ1n) is 5.59. The zero-order chi connectivity index (χ0) is 15.3. The average Bonchev–Trinajstić information content (AvgIpc) is 3.10. The lowest BCUT2D eigenvalue weighted by molar-refractivity contribution is 0.579. The first-order chi connectivity index (χ1) is 9.98. The maximum Gasteiger partial charge on any atom is 0.319 e. The standard InChI is InChI=1S/C8H8N4.C2H4N4O2S/c9-8-10-6-11-12(8)7-4-2-1-3-5-7;3-9(7,8)6-2-1-4-5-6/h1-6H,(H2,9,10,11);1-2H,(H2,3,7,8). The highest BCUT2D eigenvalue weighted by atomic mass is 32.2. The van der Waals surface area contributed by atoms with E-state index in [0.29, 0.717) is 10.0 Å². The summed E-state index contributed by atoms with van der Waals surface area (Å²) < 4.78 is 22.8. The Morgan fingerprint density at radius 2 is 1.86 bits per heavy atom. The van der Waals surface area contributed by atoms with Gasteiger partial charge >= 0.3 is 10.2 Å². The van der Waals surface area contributed by atoms with Gasteiger partial charge in [0.2, 0.25) is 5.95 Å². The summed E-state index contributed by atoms with van der Waals surface area (Å²) in [5, 5.41) is 15.0. The molecule has 0 atom stereocenters. The smallest absolute Gasteiger partial charge is 0.319 e. The van der Waals surface area contributed by atoms with E-state index < -0.39 is 10.2 Å². The molecule has 21 heavy (non-hydrogen) atoms. The third kappa shape index (κ3) is 3.84. The maximum absolute atomic E-state index is 10.3. The van der Waals surface area contributed by atoms with Crippen LogP contribution in [0.25, 0.3) is 5.69 Å². The Kier molecular flexibility index (Phi) is 4.25. The number of hydrogen-bond donors (Lipinski definition) is 2. The highest BCUT2D eigenvalue weighted by Gasteiger charge is 2.03. The molecular weight excluding hydrogens is 296 g/mol. The van der Waals surface area contributed by atoms with Crippen molar-refractivity contribution in [3.05, 3.63) is 49.1 Å². The van der Waals surface area contributed by atoms with Crippen molar-refractivity contribution in [3.63, 3.8) is 0 Å². The van der Waals surface area contributed by atoms with Crippen LogP contribution in [0.2, 0.25) is 0 Å². The summed E-state index contributed by atoms with van der Waals surface area (Å²) in [6.07, 6.45) is 3.81. The molecule has 0 amide bonds. The van der Waals surface area contributed by atoms with Gasteiger partial charge in [0.25, 0.3) is 0 Å². The summed E-state index contributed by atoms with van der Waals surface area (Å²) in [6, 6.07) is 9.64. The lowest BCUT2D eigenvalue weighted by Gasteiger charge is -2.00. The number of aromatic nitrogens is 6. The molecule has 0 spiro atoms. The molecule has 0 aliphatic heterocycles. The molecule has 11 heteroatoms. The zero-order valence-electron chi connectivity index (χ0n) is 10.7. The first kappa shape index (κ1) is 14.6. The highest BCUT2D eigenvalue weighted by Crippen LogP contribution is 2.07. The molecular formula is C10H12N8O2S. The maximum atomic E-state index is 10.3. The van der Waals surface area contributed by atoms with E-state index in [1.165, 1.54) is 12.5 Å². The van der Waals surface area contributed by atoms with Gasteiger partial charge in [0.05, 0.1) is 18.1 Å². The number of nitrogens with zero attached hydrogens (tertiary/aromatic N) is 6. The Bertz CT molecular complexity index is 782. The normalized spacial score (nSPS) is 10.7. The molecule has 0 bridgehead atoms. The van der Waals surface area contributed by atoms with Crippen LogP contribution >= 0.6 is 0 Å². The van der Waals surface area contributed by atoms with E-state index in [-0.39, 0.29) is 0 Å². The molecule has 0 radical (unpaired) electrons. The highest BCUT2D eigenvalue weighted by molar-refractivity contribution is 7.87. The van der Waals surface area contributed by atoms with Crippen molar-refractivity contribution >= 4 is 16.2 Å². The number of rotatable bonds is 2. The molecule has 2 heterocycles. The van der Waals surface area contributed by atoms with Gasteiger partial charge in [-0.05, 0) is 12.1 Å². The minimum atomic E-state index is -3.72. The summed E-state index contributed by atoms with van der Waals surface area (Å²) in [5.41, 5.74) is 6.49. The van der Waals surface area contributed by atoms with E-state index in [9.17, 15) is 8.42 Å². The fourth-order valence-corrected chi connectivity index (χ4v) is 1.72. The van der Waals surface area contributed by atoms with E-state index in [2.05, 4.69) is 25.5 Å². The molecule has 10 nitrogen and oxygen atoms in total. The molecule has 1 aromatic carbocycles. The number of para-hydroxylation sites is 1. The van der Waals surface area contributed by atoms with Crippen LogP contribution < -0.4 is 10.9 Å². The van der Waals surface area contributed by atoms with Crippen molar-refractivity contribution in [1.29, 1.82) is 0 Å². The molecule has 110 valence electrons. The monoisotopic (exact) mass is 308 g/mol. The van der Waals surface area contributed by atoms with Gasteiger partial charge in [0.1, 0.15) is 6.33 Å². The predicted octanol–water partition coefficient (Wildman–Crippen LogP) is -0.821. The second-order valence-electron chi connectivity index (χ2n) is 3.69. The molecule has 0 aliphatic carbocycles. The summed E-state index contributed by atoms with van der Waals surface area (Å²) in [4.78, 5) is 3.82. The van der Waals surface area contributed by atoms with E-state index in [1.54, 1.807) is 4.68 Å². The SMILES string of the molecule is NS(=O)(=O)n1ccnn1.Nc1ncnn1-c1ccccc1. The van der Waals surface area contributed by atoms with Crippen LogP contribution in [-0.2, 0) is 10.2 Å². The summed E-state index contributed by atoms with van der Waals surface area (Å²) in [7, 11) is -3.72. The number of benzene rings is 1. The topological polar surface area (TPSA) is 148 Å². The minimum absolute atomic E-state index is 0.404. The zero-order valence-corrected chi connectivity index (χ0v) is 11.5. The van der Waals surface area contributed by atoms with Crippen LogP contribution in [0, 0.1) is 0 Å². The molecule has 2 aromatic heterocycles. The Balaban J connectivity index is 0.000000161. The Morgan fingerprint density at radius 3 is 2.29 bits per heavy atom. The molecule has 3 rings (SSSR count). The van der Waals surface area contributed by atoms with Gasteiger partial charge in [0, 0.05) is 0 Å². The molecule has 4 N–H and O–H groups in total. The second kappa shape index (κ2) is 6.11. The first-order valence-corrected chi connectivity index (χ1v) is 7.09. The Morgan fingerprint density at radius 1 is 1.14 bits per heavy atom. The predicted molar refractivity (Wildman–Crippen MR) is 74.3 cm³/mol. The van der Waals surface area contributed by atoms with E-state index in [0.717, 1.165) is 11.9 Å². The van der Waals surface area contributed by atoms with Gasteiger partial charge < -0.3 is 5.73 Å². The van der Waals surface area contributed by atoms with E-state index in [4.69, 9.17) is 5.73 Å². The number of anilines is 1. The largest absolute Gasteiger partial charge is 0.368 e. The molecule has 0 unspecified atom stereocenters. The van der Waals surface area contributed by atoms with Crippen LogP contribution in [-0.4, -0.2) is 37.6 Å². The summed E-state index contributed by atoms with van der Waals surface area (Å²) in [5.74, 6) is 0.404. The van der Waals surface area contributed by atoms with Crippen molar-refractivity contribution < 1.29 is 8.42 Å². The van der Waals surface area contributed by atoms with Gasteiger partial charge in [-0.3, -0.25) is 0 Å². The fraction of sp³-hybridized carbons (Fsp3) is 0. The van der Waals surface area contributed by atoms with Crippen LogP contribution in [0.5, 0.6) is 0 Å². The molecule has 0 fully saturated rings. The van der Waals surface area contributed by atoms with Crippen LogP contribution in [0.15, 0.2) is 49.1 Å². The van der Waals surface area contributed by atoms with Gasteiger partial charge in [-0.15, -0.1) is 9.19 Å². The van der Waals surface area contributed by atoms with Gasteiger partial charge in [-0.1, -0.05) is 23.4 Å². The molecule has 0 aliphatic rings.